The second kappa shape index (κ2) is 9.49. The maximum Gasteiger partial charge on any atom is 0.263 e. The first-order valence-corrected chi connectivity index (χ1v) is 10.9. The molecule has 0 unspecified atom stereocenters. The van der Waals surface area contributed by atoms with E-state index in [1.807, 2.05) is 30.0 Å². The summed E-state index contributed by atoms with van der Waals surface area (Å²) in [4.78, 5) is 34.3. The molecular weight excluding hydrogens is 414 g/mol. The molecule has 1 N–H and O–H groups in total. The number of carbonyl (C=O) groups excluding carboxylic acids is 1. The molecule has 0 aliphatic carbocycles. The standard InChI is InChI=1S/C23H26ClN5O2/c1-2-25-19-4-3-5-20-21(19)23(31)29(16-26-20)15-12-27-10-13-28(14-11-27)22(30)17-6-8-18(24)9-7-17/h3-9,16,25H,2,10-15H2,1H3. The summed E-state index contributed by atoms with van der Waals surface area (Å²) in [5, 5.41) is 4.50. The molecule has 1 aliphatic rings. The minimum Gasteiger partial charge on any atom is -0.385 e. The zero-order valence-corrected chi connectivity index (χ0v) is 18.3. The van der Waals surface area contributed by atoms with E-state index in [1.54, 1.807) is 35.2 Å². The lowest BCUT2D eigenvalue weighted by Gasteiger charge is -2.34. The first-order valence-electron chi connectivity index (χ1n) is 10.6. The third-order valence-corrected chi connectivity index (χ3v) is 5.88. The number of rotatable bonds is 6. The Morgan fingerprint density at radius 1 is 1.06 bits per heavy atom. The number of fused-ring (bicyclic) bond motifs is 1. The van der Waals surface area contributed by atoms with Crippen molar-refractivity contribution in [1.82, 2.24) is 19.4 Å². The number of nitrogens with zero attached hydrogens (tertiary/aromatic N) is 4. The molecular formula is C23H26ClN5O2. The molecule has 0 radical (unpaired) electrons. The number of carbonyl (C=O) groups is 1. The minimum atomic E-state index is -0.0295. The van der Waals surface area contributed by atoms with E-state index in [9.17, 15) is 9.59 Å². The van der Waals surface area contributed by atoms with Gasteiger partial charge in [0, 0.05) is 62.1 Å². The van der Waals surface area contributed by atoms with Crippen LogP contribution in [0.2, 0.25) is 5.02 Å². The number of hydrogen-bond acceptors (Lipinski definition) is 5. The van der Waals surface area contributed by atoms with Gasteiger partial charge in [0.25, 0.3) is 11.5 Å². The van der Waals surface area contributed by atoms with Crippen LogP contribution in [0.1, 0.15) is 17.3 Å². The van der Waals surface area contributed by atoms with Crippen molar-refractivity contribution in [3.63, 3.8) is 0 Å². The fourth-order valence-electron chi connectivity index (χ4n) is 3.90. The minimum absolute atomic E-state index is 0.0295. The summed E-state index contributed by atoms with van der Waals surface area (Å²) in [6.45, 7) is 6.92. The quantitative estimate of drug-likeness (QED) is 0.639. The predicted molar refractivity (Wildman–Crippen MR) is 124 cm³/mol. The number of hydrogen-bond donors (Lipinski definition) is 1. The second-order valence-corrected chi connectivity index (χ2v) is 8.05. The van der Waals surface area contributed by atoms with Crippen LogP contribution in [0, 0.1) is 0 Å². The maximum absolute atomic E-state index is 13.0. The van der Waals surface area contributed by atoms with Crippen LogP contribution < -0.4 is 10.9 Å². The van der Waals surface area contributed by atoms with Crippen molar-refractivity contribution in [2.75, 3.05) is 44.6 Å². The van der Waals surface area contributed by atoms with E-state index in [1.165, 1.54) is 0 Å². The lowest BCUT2D eigenvalue weighted by atomic mass is 10.2. The molecule has 1 aliphatic heterocycles. The number of amides is 1. The summed E-state index contributed by atoms with van der Waals surface area (Å²) in [7, 11) is 0. The van der Waals surface area contributed by atoms with Gasteiger partial charge in [-0.1, -0.05) is 17.7 Å². The Labute approximate surface area is 186 Å². The summed E-state index contributed by atoms with van der Waals surface area (Å²) in [5.74, 6) is 0.0298. The van der Waals surface area contributed by atoms with E-state index in [0.29, 0.717) is 41.1 Å². The molecule has 0 atom stereocenters. The van der Waals surface area contributed by atoms with Crippen molar-refractivity contribution in [1.29, 1.82) is 0 Å². The largest absolute Gasteiger partial charge is 0.385 e. The Morgan fingerprint density at radius 2 is 1.81 bits per heavy atom. The van der Waals surface area contributed by atoms with E-state index in [4.69, 9.17) is 11.6 Å². The summed E-state index contributed by atoms with van der Waals surface area (Å²) in [6, 6.07) is 12.7. The van der Waals surface area contributed by atoms with E-state index >= 15 is 0 Å². The van der Waals surface area contributed by atoms with E-state index in [2.05, 4.69) is 15.2 Å². The van der Waals surface area contributed by atoms with Crippen LogP contribution >= 0.6 is 11.6 Å². The third-order valence-electron chi connectivity index (χ3n) is 5.63. The summed E-state index contributed by atoms with van der Waals surface area (Å²) < 4.78 is 1.68. The fraction of sp³-hybridized carbons (Fsp3) is 0.348. The van der Waals surface area contributed by atoms with Gasteiger partial charge >= 0.3 is 0 Å². The van der Waals surface area contributed by atoms with Gasteiger partial charge in [0.1, 0.15) is 0 Å². The van der Waals surface area contributed by atoms with Crippen molar-refractivity contribution in [2.45, 2.75) is 13.5 Å². The second-order valence-electron chi connectivity index (χ2n) is 7.61. The van der Waals surface area contributed by atoms with Crippen LogP contribution in [0.3, 0.4) is 0 Å². The highest BCUT2D eigenvalue weighted by Gasteiger charge is 2.22. The maximum atomic E-state index is 13.0. The highest BCUT2D eigenvalue weighted by atomic mass is 35.5. The number of aromatic nitrogens is 2. The molecule has 8 heteroatoms. The first-order chi connectivity index (χ1) is 15.1. The number of piperazine rings is 1. The normalized spacial score (nSPS) is 14.7. The first kappa shape index (κ1) is 21.3. The number of benzene rings is 2. The Hall–Kier alpha value is -2.90. The van der Waals surface area contributed by atoms with Crippen LogP contribution in [0.25, 0.3) is 10.9 Å². The lowest BCUT2D eigenvalue weighted by Crippen LogP contribution is -2.49. The molecule has 31 heavy (non-hydrogen) atoms. The number of halogens is 1. The molecule has 1 amide bonds. The van der Waals surface area contributed by atoms with Crippen molar-refractivity contribution in [3.8, 4) is 0 Å². The van der Waals surface area contributed by atoms with Gasteiger partial charge in [0.2, 0.25) is 0 Å². The lowest BCUT2D eigenvalue weighted by molar-refractivity contribution is 0.0633. The van der Waals surface area contributed by atoms with Gasteiger partial charge in [-0.15, -0.1) is 0 Å². The zero-order chi connectivity index (χ0) is 21.8. The summed E-state index contributed by atoms with van der Waals surface area (Å²) >= 11 is 5.91. The third kappa shape index (κ3) is 4.73. The van der Waals surface area contributed by atoms with Crippen molar-refractivity contribution in [3.05, 3.63) is 69.7 Å². The number of nitrogens with one attached hydrogen (secondary N) is 1. The smallest absolute Gasteiger partial charge is 0.263 e. The van der Waals surface area contributed by atoms with Crippen LogP contribution in [-0.2, 0) is 6.54 Å². The van der Waals surface area contributed by atoms with Gasteiger partial charge in [-0.3, -0.25) is 19.1 Å². The van der Waals surface area contributed by atoms with Gasteiger partial charge in [0.15, 0.2) is 0 Å². The average molecular weight is 440 g/mol. The topological polar surface area (TPSA) is 70.5 Å². The predicted octanol–water partition coefficient (Wildman–Crippen LogP) is 2.94. The molecule has 2 heterocycles. The SMILES string of the molecule is CCNc1cccc2ncn(CCN3CCN(C(=O)c4ccc(Cl)cc4)CC3)c(=O)c12. The Morgan fingerprint density at radius 3 is 2.52 bits per heavy atom. The zero-order valence-electron chi connectivity index (χ0n) is 17.6. The molecule has 0 saturated carbocycles. The van der Waals surface area contributed by atoms with Gasteiger partial charge in [-0.25, -0.2) is 4.98 Å². The van der Waals surface area contributed by atoms with Crippen molar-refractivity contribution in [2.24, 2.45) is 0 Å². The van der Waals surface area contributed by atoms with E-state index < -0.39 is 0 Å². The molecule has 2 aromatic carbocycles. The van der Waals surface area contributed by atoms with Gasteiger partial charge in [0.05, 0.1) is 17.2 Å². The Bertz CT molecular complexity index is 1120. The molecule has 1 fully saturated rings. The molecule has 1 aromatic heterocycles. The van der Waals surface area contributed by atoms with Crippen molar-refractivity contribution < 1.29 is 4.79 Å². The molecule has 0 bridgehead atoms. The Kier molecular flexibility index (Phi) is 6.53. The fourth-order valence-corrected chi connectivity index (χ4v) is 4.02. The van der Waals surface area contributed by atoms with Crippen molar-refractivity contribution >= 4 is 34.1 Å². The highest BCUT2D eigenvalue weighted by molar-refractivity contribution is 6.30. The van der Waals surface area contributed by atoms with Gasteiger partial charge in [-0.05, 0) is 43.3 Å². The molecule has 4 rings (SSSR count). The number of anilines is 1. The molecule has 7 nitrogen and oxygen atoms in total. The highest BCUT2D eigenvalue weighted by Crippen LogP contribution is 2.18. The van der Waals surface area contributed by atoms with E-state index in [-0.39, 0.29) is 11.5 Å². The molecule has 1 saturated heterocycles. The van der Waals surface area contributed by atoms with Crippen LogP contribution in [-0.4, -0.2) is 64.5 Å². The van der Waals surface area contributed by atoms with Gasteiger partial charge < -0.3 is 10.2 Å². The molecule has 0 spiro atoms. The molecule has 162 valence electrons. The average Bonchev–Trinajstić information content (AvgIpc) is 2.79. The summed E-state index contributed by atoms with van der Waals surface area (Å²) in [5.41, 5.74) is 2.15. The summed E-state index contributed by atoms with van der Waals surface area (Å²) in [6.07, 6.45) is 1.63. The monoisotopic (exact) mass is 439 g/mol. The van der Waals surface area contributed by atoms with Crippen LogP contribution in [0.4, 0.5) is 5.69 Å². The van der Waals surface area contributed by atoms with Gasteiger partial charge in [-0.2, -0.15) is 0 Å². The van der Waals surface area contributed by atoms with Crippen LogP contribution in [0.15, 0.2) is 53.6 Å². The van der Waals surface area contributed by atoms with Crippen LogP contribution in [0.5, 0.6) is 0 Å². The van der Waals surface area contributed by atoms with E-state index in [0.717, 1.165) is 31.9 Å². The molecule has 3 aromatic rings. The Balaban J connectivity index is 1.37.